The van der Waals surface area contributed by atoms with Gasteiger partial charge in [-0.1, -0.05) is 37.3 Å². The van der Waals surface area contributed by atoms with Gasteiger partial charge in [0.1, 0.15) is 0 Å². The molecule has 0 amide bonds. The Morgan fingerprint density at radius 1 is 1.07 bits per heavy atom. The van der Waals surface area contributed by atoms with Gasteiger partial charge >= 0.3 is 0 Å². The van der Waals surface area contributed by atoms with Gasteiger partial charge in [-0.2, -0.15) is 0 Å². The number of halogens is 1. The zero-order chi connectivity index (χ0) is 19.3. The maximum atomic E-state index is 4.37. The van der Waals surface area contributed by atoms with Gasteiger partial charge in [0.25, 0.3) is 0 Å². The molecule has 0 spiro atoms. The van der Waals surface area contributed by atoms with Crippen LogP contribution in [0.1, 0.15) is 38.7 Å². The third kappa shape index (κ3) is 10.1. The zero-order valence-electron chi connectivity index (χ0n) is 18.0. The lowest BCUT2D eigenvalue weighted by Gasteiger charge is -2.34. The van der Waals surface area contributed by atoms with Crippen molar-refractivity contribution in [1.29, 1.82) is 0 Å². The van der Waals surface area contributed by atoms with E-state index in [1.54, 1.807) is 0 Å². The van der Waals surface area contributed by atoms with E-state index in [1.807, 2.05) is 7.05 Å². The summed E-state index contributed by atoms with van der Waals surface area (Å²) in [4.78, 5) is 9.50. The lowest BCUT2D eigenvalue weighted by Crippen LogP contribution is -2.46. The van der Waals surface area contributed by atoms with Crippen molar-refractivity contribution in [2.75, 3.05) is 52.9 Å². The second-order valence-electron chi connectivity index (χ2n) is 7.55. The standard InChI is InChI=1S/C22H39N5.HI/c1-4-26-16-18-27(19-17-26)15-9-8-14-24-22(23-3)25-20(2)12-13-21-10-6-5-7-11-21;/h5-7,10-11,20H,4,8-9,12-19H2,1-3H3,(H2,23,24,25);1H. The summed E-state index contributed by atoms with van der Waals surface area (Å²) in [6, 6.07) is 11.1. The van der Waals surface area contributed by atoms with E-state index in [0.717, 1.165) is 25.3 Å². The molecule has 160 valence electrons. The van der Waals surface area contributed by atoms with E-state index < -0.39 is 0 Å². The van der Waals surface area contributed by atoms with Gasteiger partial charge < -0.3 is 20.4 Å². The highest BCUT2D eigenvalue weighted by atomic mass is 127. The summed E-state index contributed by atoms with van der Waals surface area (Å²) in [5, 5.41) is 6.98. The molecule has 1 fully saturated rings. The van der Waals surface area contributed by atoms with Crippen LogP contribution < -0.4 is 10.6 Å². The van der Waals surface area contributed by atoms with Crippen molar-refractivity contribution in [2.45, 2.75) is 45.6 Å². The molecular formula is C22H40IN5. The molecule has 2 N–H and O–H groups in total. The number of benzene rings is 1. The van der Waals surface area contributed by atoms with Crippen LogP contribution in [0.25, 0.3) is 0 Å². The second-order valence-corrected chi connectivity index (χ2v) is 7.55. The molecule has 0 aliphatic carbocycles. The largest absolute Gasteiger partial charge is 0.356 e. The number of piperazine rings is 1. The molecule has 1 aromatic carbocycles. The quantitative estimate of drug-likeness (QED) is 0.224. The highest BCUT2D eigenvalue weighted by molar-refractivity contribution is 14.0. The first-order valence-electron chi connectivity index (χ1n) is 10.7. The monoisotopic (exact) mass is 501 g/mol. The summed E-state index contributed by atoms with van der Waals surface area (Å²) in [6.45, 7) is 12.8. The molecule has 5 nitrogen and oxygen atoms in total. The fourth-order valence-corrected chi connectivity index (χ4v) is 3.52. The van der Waals surface area contributed by atoms with Gasteiger partial charge in [-0.15, -0.1) is 24.0 Å². The topological polar surface area (TPSA) is 42.9 Å². The molecule has 2 rings (SSSR count). The molecule has 0 radical (unpaired) electrons. The molecule has 1 atom stereocenters. The molecule has 0 aromatic heterocycles. The van der Waals surface area contributed by atoms with Crippen LogP contribution in [0, 0.1) is 0 Å². The van der Waals surface area contributed by atoms with Crippen molar-refractivity contribution in [1.82, 2.24) is 20.4 Å². The summed E-state index contributed by atoms with van der Waals surface area (Å²) in [6.07, 6.45) is 4.64. The Bertz CT molecular complexity index is 529. The van der Waals surface area contributed by atoms with E-state index in [0.29, 0.717) is 6.04 Å². The number of guanidine groups is 1. The number of aliphatic imine (C=N–C) groups is 1. The van der Waals surface area contributed by atoms with Crippen molar-refractivity contribution < 1.29 is 0 Å². The van der Waals surface area contributed by atoms with Crippen LogP contribution in [0.15, 0.2) is 35.3 Å². The van der Waals surface area contributed by atoms with Gasteiger partial charge in [0.05, 0.1) is 0 Å². The predicted molar refractivity (Wildman–Crippen MR) is 132 cm³/mol. The van der Waals surface area contributed by atoms with Crippen LogP contribution in [-0.2, 0) is 6.42 Å². The lowest BCUT2D eigenvalue weighted by atomic mass is 10.1. The lowest BCUT2D eigenvalue weighted by molar-refractivity contribution is 0.136. The fraction of sp³-hybridized carbons (Fsp3) is 0.682. The third-order valence-electron chi connectivity index (χ3n) is 5.42. The van der Waals surface area contributed by atoms with Crippen LogP contribution in [0.2, 0.25) is 0 Å². The Kier molecular flexibility index (Phi) is 13.5. The average Bonchev–Trinajstić information content (AvgIpc) is 2.72. The minimum absolute atomic E-state index is 0. The number of nitrogens with zero attached hydrogens (tertiary/aromatic N) is 3. The van der Waals surface area contributed by atoms with Crippen molar-refractivity contribution >= 4 is 29.9 Å². The molecule has 1 unspecified atom stereocenters. The number of aryl methyl sites for hydroxylation is 1. The Hall–Kier alpha value is -0.860. The smallest absolute Gasteiger partial charge is 0.191 e. The van der Waals surface area contributed by atoms with E-state index in [2.05, 4.69) is 69.6 Å². The number of unbranched alkanes of at least 4 members (excludes halogenated alkanes) is 1. The Morgan fingerprint density at radius 3 is 2.39 bits per heavy atom. The van der Waals surface area contributed by atoms with E-state index in [9.17, 15) is 0 Å². The Morgan fingerprint density at radius 2 is 1.75 bits per heavy atom. The maximum absolute atomic E-state index is 4.37. The number of hydrogen-bond acceptors (Lipinski definition) is 3. The summed E-state index contributed by atoms with van der Waals surface area (Å²) in [5.41, 5.74) is 1.40. The molecule has 6 heteroatoms. The van der Waals surface area contributed by atoms with Crippen molar-refractivity contribution in [3.05, 3.63) is 35.9 Å². The van der Waals surface area contributed by atoms with Gasteiger partial charge in [-0.3, -0.25) is 4.99 Å². The van der Waals surface area contributed by atoms with Crippen LogP contribution >= 0.6 is 24.0 Å². The first-order valence-corrected chi connectivity index (χ1v) is 10.7. The predicted octanol–water partition coefficient (Wildman–Crippen LogP) is 3.21. The van der Waals surface area contributed by atoms with Gasteiger partial charge in [0.15, 0.2) is 5.96 Å². The summed E-state index contributed by atoms with van der Waals surface area (Å²) in [5.74, 6) is 0.923. The average molecular weight is 502 g/mol. The summed E-state index contributed by atoms with van der Waals surface area (Å²) >= 11 is 0. The molecule has 1 aromatic rings. The van der Waals surface area contributed by atoms with Crippen LogP contribution in [0.4, 0.5) is 0 Å². The number of nitrogens with one attached hydrogen (secondary N) is 2. The van der Waals surface area contributed by atoms with Crippen LogP contribution in [0.5, 0.6) is 0 Å². The normalized spacial score (nSPS) is 17.0. The Labute approximate surface area is 189 Å². The van der Waals surface area contributed by atoms with E-state index in [4.69, 9.17) is 0 Å². The first kappa shape index (κ1) is 25.2. The highest BCUT2D eigenvalue weighted by Crippen LogP contribution is 2.05. The van der Waals surface area contributed by atoms with Crippen molar-refractivity contribution in [3.63, 3.8) is 0 Å². The molecule has 28 heavy (non-hydrogen) atoms. The highest BCUT2D eigenvalue weighted by Gasteiger charge is 2.14. The molecule has 0 saturated carbocycles. The van der Waals surface area contributed by atoms with Gasteiger partial charge in [0.2, 0.25) is 0 Å². The number of hydrogen-bond donors (Lipinski definition) is 2. The first-order chi connectivity index (χ1) is 13.2. The van der Waals surface area contributed by atoms with Crippen LogP contribution in [-0.4, -0.2) is 74.7 Å². The molecule has 1 saturated heterocycles. The van der Waals surface area contributed by atoms with Crippen LogP contribution in [0.3, 0.4) is 0 Å². The molecule has 1 aliphatic heterocycles. The van der Waals surface area contributed by atoms with Gasteiger partial charge in [-0.25, -0.2) is 0 Å². The van der Waals surface area contributed by atoms with Gasteiger partial charge in [-0.05, 0) is 51.3 Å². The summed E-state index contributed by atoms with van der Waals surface area (Å²) in [7, 11) is 1.85. The van der Waals surface area contributed by atoms with Crippen molar-refractivity contribution in [2.24, 2.45) is 4.99 Å². The fourth-order valence-electron chi connectivity index (χ4n) is 3.52. The third-order valence-corrected chi connectivity index (χ3v) is 5.42. The zero-order valence-corrected chi connectivity index (χ0v) is 20.3. The minimum Gasteiger partial charge on any atom is -0.356 e. The number of rotatable bonds is 10. The minimum atomic E-state index is 0. The van der Waals surface area contributed by atoms with Crippen molar-refractivity contribution in [3.8, 4) is 0 Å². The molecule has 1 heterocycles. The molecular weight excluding hydrogens is 461 g/mol. The SMILES string of the molecule is CCN1CCN(CCCCNC(=NC)NC(C)CCc2ccccc2)CC1.I. The van der Waals surface area contributed by atoms with Gasteiger partial charge in [0, 0.05) is 45.8 Å². The Balaban J connectivity index is 0.00000392. The maximum Gasteiger partial charge on any atom is 0.191 e. The second kappa shape index (κ2) is 15.0. The summed E-state index contributed by atoms with van der Waals surface area (Å²) < 4.78 is 0. The number of likely N-dealkylation sites (N-methyl/N-ethyl adjacent to an activating group) is 1. The molecule has 1 aliphatic rings. The van der Waals surface area contributed by atoms with E-state index >= 15 is 0 Å². The van der Waals surface area contributed by atoms with E-state index in [1.165, 1.54) is 57.7 Å². The molecule has 0 bridgehead atoms. The van der Waals surface area contributed by atoms with E-state index in [-0.39, 0.29) is 24.0 Å².